The molecule has 0 bridgehead atoms. The van der Waals surface area contributed by atoms with Crippen molar-refractivity contribution in [3.05, 3.63) is 22.3 Å². The molecule has 1 aromatic heterocycles. The fraction of sp³-hybridized carbons (Fsp3) is 0.643. The number of ether oxygens (including phenoxy) is 1. The number of halogens is 1. The number of rotatable bonds is 5. The fourth-order valence-corrected chi connectivity index (χ4v) is 2.44. The van der Waals surface area contributed by atoms with Gasteiger partial charge in [0.05, 0.1) is 24.5 Å². The second kappa shape index (κ2) is 6.85. The zero-order chi connectivity index (χ0) is 14.6. The van der Waals surface area contributed by atoms with E-state index in [2.05, 4.69) is 31.1 Å². The summed E-state index contributed by atoms with van der Waals surface area (Å²) in [5, 5.41) is 13.7. The van der Waals surface area contributed by atoms with Crippen LogP contribution < -0.4 is 5.32 Å². The van der Waals surface area contributed by atoms with Crippen LogP contribution in [0.5, 0.6) is 0 Å². The SMILES string of the molecule is Cc1nc(NC[C@@](C)(O)CN2CCOCC2)ccc1Br. The quantitative estimate of drug-likeness (QED) is 0.851. The first-order valence-electron chi connectivity index (χ1n) is 6.86. The van der Waals surface area contributed by atoms with Gasteiger partial charge in [-0.3, -0.25) is 4.90 Å². The Morgan fingerprint density at radius 3 is 2.80 bits per heavy atom. The molecule has 1 aliphatic rings. The van der Waals surface area contributed by atoms with E-state index in [1.807, 2.05) is 26.0 Å². The van der Waals surface area contributed by atoms with Gasteiger partial charge in [-0.15, -0.1) is 0 Å². The van der Waals surface area contributed by atoms with E-state index < -0.39 is 5.60 Å². The minimum Gasteiger partial charge on any atom is -0.387 e. The summed E-state index contributed by atoms with van der Waals surface area (Å²) in [5.41, 5.74) is 0.142. The maximum Gasteiger partial charge on any atom is 0.126 e. The first-order valence-corrected chi connectivity index (χ1v) is 7.65. The zero-order valence-electron chi connectivity index (χ0n) is 12.0. The Hall–Kier alpha value is -0.690. The molecule has 1 saturated heterocycles. The first-order chi connectivity index (χ1) is 9.46. The molecule has 2 heterocycles. The highest BCUT2D eigenvalue weighted by molar-refractivity contribution is 9.10. The Balaban J connectivity index is 1.85. The van der Waals surface area contributed by atoms with Crippen LogP contribution in [-0.2, 0) is 4.74 Å². The molecule has 0 amide bonds. The summed E-state index contributed by atoms with van der Waals surface area (Å²) in [7, 11) is 0. The standard InChI is InChI=1S/C14H22BrN3O2/c1-11-12(15)3-4-13(17-11)16-9-14(2,19)10-18-5-7-20-8-6-18/h3-4,19H,5-10H2,1-2H3,(H,16,17)/t14-/m1/s1. The Bertz CT molecular complexity index is 448. The van der Waals surface area contributed by atoms with Crippen LogP contribution in [0.25, 0.3) is 0 Å². The Kier molecular flexibility index (Phi) is 5.37. The van der Waals surface area contributed by atoms with E-state index in [9.17, 15) is 5.11 Å². The molecular weight excluding hydrogens is 322 g/mol. The van der Waals surface area contributed by atoms with Crippen molar-refractivity contribution in [1.82, 2.24) is 9.88 Å². The number of β-amino-alcohol motifs (C(OH)–C–C–N with tert-alkyl or cyclic N) is 1. The highest BCUT2D eigenvalue weighted by Crippen LogP contribution is 2.17. The molecule has 6 heteroatoms. The number of morpholine rings is 1. The van der Waals surface area contributed by atoms with Crippen LogP contribution in [-0.4, -0.2) is 60.0 Å². The van der Waals surface area contributed by atoms with E-state index in [0.717, 1.165) is 42.3 Å². The lowest BCUT2D eigenvalue weighted by atomic mass is 10.1. The van der Waals surface area contributed by atoms with Gasteiger partial charge in [-0.25, -0.2) is 4.98 Å². The van der Waals surface area contributed by atoms with Gasteiger partial charge >= 0.3 is 0 Å². The number of hydrogen-bond donors (Lipinski definition) is 2. The zero-order valence-corrected chi connectivity index (χ0v) is 13.6. The van der Waals surface area contributed by atoms with Crippen molar-refractivity contribution in [2.24, 2.45) is 0 Å². The molecule has 2 rings (SSSR count). The summed E-state index contributed by atoms with van der Waals surface area (Å²) < 4.78 is 6.30. The van der Waals surface area contributed by atoms with E-state index >= 15 is 0 Å². The van der Waals surface area contributed by atoms with Crippen molar-refractivity contribution < 1.29 is 9.84 Å². The van der Waals surface area contributed by atoms with E-state index in [0.29, 0.717) is 13.1 Å². The Labute approximate surface area is 128 Å². The normalized spacial score (nSPS) is 19.6. The molecule has 1 aromatic rings. The number of nitrogens with one attached hydrogen (secondary N) is 1. The van der Waals surface area contributed by atoms with E-state index in [4.69, 9.17) is 4.74 Å². The number of aromatic nitrogens is 1. The molecule has 112 valence electrons. The summed E-state index contributed by atoms with van der Waals surface area (Å²) in [6.07, 6.45) is 0. The van der Waals surface area contributed by atoms with Crippen molar-refractivity contribution >= 4 is 21.7 Å². The molecule has 0 aliphatic carbocycles. The molecule has 0 spiro atoms. The second-order valence-corrected chi connectivity index (χ2v) is 6.36. The van der Waals surface area contributed by atoms with Crippen LogP contribution >= 0.6 is 15.9 Å². The number of pyridine rings is 1. The highest BCUT2D eigenvalue weighted by Gasteiger charge is 2.25. The van der Waals surface area contributed by atoms with E-state index in [1.165, 1.54) is 0 Å². The van der Waals surface area contributed by atoms with Gasteiger partial charge in [0.25, 0.3) is 0 Å². The summed E-state index contributed by atoms with van der Waals surface area (Å²) in [6.45, 7) is 8.16. The highest BCUT2D eigenvalue weighted by atomic mass is 79.9. The molecule has 1 atom stereocenters. The lowest BCUT2D eigenvalue weighted by Crippen LogP contribution is -2.49. The average Bonchev–Trinajstić information content (AvgIpc) is 2.41. The number of anilines is 1. The molecule has 1 fully saturated rings. The third-order valence-corrected chi connectivity index (χ3v) is 4.18. The maximum absolute atomic E-state index is 10.5. The number of hydrogen-bond acceptors (Lipinski definition) is 5. The van der Waals surface area contributed by atoms with Gasteiger partial charge in [0.1, 0.15) is 5.82 Å². The van der Waals surface area contributed by atoms with E-state index in [1.54, 1.807) is 0 Å². The molecular formula is C14H22BrN3O2. The van der Waals surface area contributed by atoms with Crippen molar-refractivity contribution in [2.75, 3.05) is 44.7 Å². The van der Waals surface area contributed by atoms with Gasteiger partial charge in [0.2, 0.25) is 0 Å². The van der Waals surface area contributed by atoms with Gasteiger partial charge < -0.3 is 15.2 Å². The van der Waals surface area contributed by atoms with Crippen LogP contribution in [0.4, 0.5) is 5.82 Å². The van der Waals surface area contributed by atoms with Crippen LogP contribution in [0.15, 0.2) is 16.6 Å². The summed E-state index contributed by atoms with van der Waals surface area (Å²) in [5.74, 6) is 0.785. The van der Waals surface area contributed by atoms with Crippen molar-refractivity contribution in [1.29, 1.82) is 0 Å². The summed E-state index contributed by atoms with van der Waals surface area (Å²) in [6, 6.07) is 3.86. The second-order valence-electron chi connectivity index (χ2n) is 5.50. The molecule has 1 aliphatic heterocycles. The van der Waals surface area contributed by atoms with Gasteiger partial charge in [-0.1, -0.05) is 0 Å². The smallest absolute Gasteiger partial charge is 0.126 e. The van der Waals surface area contributed by atoms with Gasteiger partial charge in [-0.05, 0) is 41.9 Å². The van der Waals surface area contributed by atoms with Gasteiger partial charge in [0, 0.05) is 30.7 Å². The number of aryl methyl sites for hydroxylation is 1. The fourth-order valence-electron chi connectivity index (χ4n) is 2.22. The largest absolute Gasteiger partial charge is 0.387 e. The van der Waals surface area contributed by atoms with Crippen LogP contribution in [0, 0.1) is 6.92 Å². The van der Waals surface area contributed by atoms with Crippen LogP contribution in [0.3, 0.4) is 0 Å². The summed E-state index contributed by atoms with van der Waals surface area (Å²) >= 11 is 3.43. The third kappa shape index (κ3) is 4.70. The molecule has 0 radical (unpaired) electrons. The average molecular weight is 344 g/mol. The topological polar surface area (TPSA) is 57.6 Å². The number of nitrogens with zero attached hydrogens (tertiary/aromatic N) is 2. The molecule has 20 heavy (non-hydrogen) atoms. The molecule has 2 N–H and O–H groups in total. The molecule has 0 saturated carbocycles. The third-order valence-electron chi connectivity index (χ3n) is 3.34. The Morgan fingerprint density at radius 1 is 1.45 bits per heavy atom. The maximum atomic E-state index is 10.5. The predicted octanol–water partition coefficient (Wildman–Crippen LogP) is 1.65. The molecule has 5 nitrogen and oxygen atoms in total. The van der Waals surface area contributed by atoms with Gasteiger partial charge in [0.15, 0.2) is 0 Å². The van der Waals surface area contributed by atoms with Crippen LogP contribution in [0.1, 0.15) is 12.6 Å². The van der Waals surface area contributed by atoms with Crippen molar-refractivity contribution in [2.45, 2.75) is 19.4 Å². The monoisotopic (exact) mass is 343 g/mol. The summed E-state index contributed by atoms with van der Waals surface area (Å²) in [4.78, 5) is 6.65. The van der Waals surface area contributed by atoms with E-state index in [-0.39, 0.29) is 0 Å². The molecule has 0 unspecified atom stereocenters. The lowest BCUT2D eigenvalue weighted by molar-refractivity contribution is -0.0164. The minimum atomic E-state index is -0.792. The first kappa shape index (κ1) is 15.7. The van der Waals surface area contributed by atoms with Crippen molar-refractivity contribution in [3.8, 4) is 0 Å². The van der Waals surface area contributed by atoms with Crippen molar-refractivity contribution in [3.63, 3.8) is 0 Å². The minimum absolute atomic E-state index is 0.471. The predicted molar refractivity (Wildman–Crippen MR) is 83.0 cm³/mol. The van der Waals surface area contributed by atoms with Crippen LogP contribution in [0.2, 0.25) is 0 Å². The number of aliphatic hydroxyl groups is 1. The Morgan fingerprint density at radius 2 is 2.15 bits per heavy atom. The van der Waals surface area contributed by atoms with Gasteiger partial charge in [-0.2, -0.15) is 0 Å². The lowest BCUT2D eigenvalue weighted by Gasteiger charge is -2.34. The molecule has 0 aromatic carbocycles.